The van der Waals surface area contributed by atoms with Crippen molar-refractivity contribution in [3.05, 3.63) is 35.4 Å². The number of nitrogens with one attached hydrogen (secondary N) is 1. The fourth-order valence-corrected chi connectivity index (χ4v) is 2.44. The molecule has 0 saturated carbocycles. The van der Waals surface area contributed by atoms with E-state index in [1.807, 2.05) is 19.1 Å². The standard InChI is InChI=1S/C15H20N2O3/c1-3-13-14(18)16-8-9-17(13)15(19)12-6-4-11(5-7-12)10-20-2/h4-7,13H,3,8-10H2,1-2H3,(H,16,18). The maximum atomic E-state index is 12.5. The Labute approximate surface area is 118 Å². The van der Waals surface area contributed by atoms with Gasteiger partial charge in [0.1, 0.15) is 6.04 Å². The molecule has 5 heteroatoms. The van der Waals surface area contributed by atoms with Crippen molar-refractivity contribution in [2.75, 3.05) is 20.2 Å². The number of benzene rings is 1. The highest BCUT2D eigenvalue weighted by molar-refractivity contribution is 5.98. The summed E-state index contributed by atoms with van der Waals surface area (Å²) in [6.45, 7) is 3.52. The first kappa shape index (κ1) is 14.5. The minimum Gasteiger partial charge on any atom is -0.380 e. The van der Waals surface area contributed by atoms with Gasteiger partial charge < -0.3 is 15.0 Å². The average molecular weight is 276 g/mol. The minimum atomic E-state index is -0.366. The number of ether oxygens (including phenoxy) is 1. The Morgan fingerprint density at radius 2 is 2.10 bits per heavy atom. The molecule has 1 aliphatic heterocycles. The van der Waals surface area contributed by atoms with E-state index in [1.54, 1.807) is 24.1 Å². The van der Waals surface area contributed by atoms with Crippen LogP contribution in [0.2, 0.25) is 0 Å². The molecule has 1 saturated heterocycles. The lowest BCUT2D eigenvalue weighted by Gasteiger charge is -2.34. The summed E-state index contributed by atoms with van der Waals surface area (Å²) >= 11 is 0. The molecule has 1 aromatic carbocycles. The van der Waals surface area contributed by atoms with Crippen molar-refractivity contribution in [1.82, 2.24) is 10.2 Å². The van der Waals surface area contributed by atoms with E-state index in [-0.39, 0.29) is 17.9 Å². The van der Waals surface area contributed by atoms with E-state index < -0.39 is 0 Å². The van der Waals surface area contributed by atoms with E-state index in [2.05, 4.69) is 5.32 Å². The Balaban J connectivity index is 2.14. The third-order valence-electron chi connectivity index (χ3n) is 3.49. The van der Waals surface area contributed by atoms with Crippen LogP contribution in [0.1, 0.15) is 29.3 Å². The highest BCUT2D eigenvalue weighted by Gasteiger charge is 2.31. The van der Waals surface area contributed by atoms with Crippen LogP contribution in [0.5, 0.6) is 0 Å². The monoisotopic (exact) mass is 276 g/mol. The Hall–Kier alpha value is -1.88. The van der Waals surface area contributed by atoms with E-state index in [0.29, 0.717) is 31.7 Å². The predicted molar refractivity (Wildman–Crippen MR) is 75.3 cm³/mol. The van der Waals surface area contributed by atoms with Crippen molar-refractivity contribution >= 4 is 11.8 Å². The first-order valence-electron chi connectivity index (χ1n) is 6.84. The van der Waals surface area contributed by atoms with Gasteiger partial charge >= 0.3 is 0 Å². The van der Waals surface area contributed by atoms with Crippen molar-refractivity contribution in [2.24, 2.45) is 0 Å². The molecule has 0 spiro atoms. The van der Waals surface area contributed by atoms with Crippen molar-refractivity contribution < 1.29 is 14.3 Å². The molecule has 2 amide bonds. The Morgan fingerprint density at radius 1 is 1.40 bits per heavy atom. The SMILES string of the molecule is CCC1C(=O)NCCN1C(=O)c1ccc(COC)cc1. The van der Waals surface area contributed by atoms with Gasteiger partial charge in [0.25, 0.3) is 5.91 Å². The summed E-state index contributed by atoms with van der Waals surface area (Å²) in [7, 11) is 1.64. The predicted octanol–water partition coefficient (Wildman–Crippen LogP) is 1.18. The first-order valence-corrected chi connectivity index (χ1v) is 6.84. The molecule has 0 bridgehead atoms. The molecule has 1 fully saturated rings. The van der Waals surface area contributed by atoms with Gasteiger partial charge in [0, 0.05) is 25.8 Å². The number of rotatable bonds is 4. The molecule has 1 aliphatic rings. The third-order valence-corrected chi connectivity index (χ3v) is 3.49. The van der Waals surface area contributed by atoms with Crippen LogP contribution in [-0.4, -0.2) is 43.0 Å². The second kappa shape index (κ2) is 6.52. The fourth-order valence-electron chi connectivity index (χ4n) is 2.44. The van der Waals surface area contributed by atoms with E-state index in [4.69, 9.17) is 4.74 Å². The number of nitrogens with zero attached hydrogens (tertiary/aromatic N) is 1. The number of carbonyl (C=O) groups is 2. The normalized spacial score (nSPS) is 18.8. The molecule has 0 radical (unpaired) electrons. The van der Waals surface area contributed by atoms with Crippen LogP contribution in [0.15, 0.2) is 24.3 Å². The molecule has 1 atom stereocenters. The highest BCUT2D eigenvalue weighted by Crippen LogP contribution is 2.14. The minimum absolute atomic E-state index is 0.0666. The van der Waals surface area contributed by atoms with Crippen molar-refractivity contribution in [2.45, 2.75) is 26.0 Å². The molecule has 1 aromatic rings. The molecule has 0 aliphatic carbocycles. The van der Waals surface area contributed by atoms with E-state index in [1.165, 1.54) is 0 Å². The second-order valence-corrected chi connectivity index (χ2v) is 4.84. The van der Waals surface area contributed by atoms with Crippen LogP contribution in [0.25, 0.3) is 0 Å². The van der Waals surface area contributed by atoms with Gasteiger partial charge in [-0.1, -0.05) is 19.1 Å². The summed E-state index contributed by atoms with van der Waals surface area (Å²) in [5.74, 6) is -0.154. The summed E-state index contributed by atoms with van der Waals surface area (Å²) in [6.07, 6.45) is 0.624. The number of methoxy groups -OCH3 is 1. The largest absolute Gasteiger partial charge is 0.380 e. The molecule has 2 rings (SSSR count). The first-order chi connectivity index (χ1) is 9.67. The number of amides is 2. The molecule has 1 heterocycles. The van der Waals surface area contributed by atoms with Crippen LogP contribution < -0.4 is 5.32 Å². The maximum absolute atomic E-state index is 12.5. The van der Waals surface area contributed by atoms with Gasteiger partial charge in [0.05, 0.1) is 6.61 Å². The lowest BCUT2D eigenvalue weighted by molar-refractivity contribution is -0.127. The number of piperazine rings is 1. The summed E-state index contributed by atoms with van der Waals surface area (Å²) < 4.78 is 5.04. The summed E-state index contributed by atoms with van der Waals surface area (Å²) in [5.41, 5.74) is 1.63. The zero-order valence-electron chi connectivity index (χ0n) is 11.9. The van der Waals surface area contributed by atoms with Crippen LogP contribution in [-0.2, 0) is 16.1 Å². The van der Waals surface area contributed by atoms with Crippen LogP contribution in [0.3, 0.4) is 0 Å². The van der Waals surface area contributed by atoms with Crippen LogP contribution in [0, 0.1) is 0 Å². The topological polar surface area (TPSA) is 58.6 Å². The van der Waals surface area contributed by atoms with Crippen molar-refractivity contribution in [1.29, 1.82) is 0 Å². The lowest BCUT2D eigenvalue weighted by Crippen LogP contribution is -2.56. The molecular weight excluding hydrogens is 256 g/mol. The zero-order valence-corrected chi connectivity index (χ0v) is 11.9. The Kier molecular flexibility index (Phi) is 4.74. The van der Waals surface area contributed by atoms with Crippen molar-refractivity contribution in [3.63, 3.8) is 0 Å². The van der Waals surface area contributed by atoms with E-state index in [0.717, 1.165) is 5.56 Å². The fraction of sp³-hybridized carbons (Fsp3) is 0.467. The second-order valence-electron chi connectivity index (χ2n) is 4.84. The van der Waals surface area contributed by atoms with Crippen molar-refractivity contribution in [3.8, 4) is 0 Å². The van der Waals surface area contributed by atoms with Crippen LogP contribution >= 0.6 is 0 Å². The molecule has 20 heavy (non-hydrogen) atoms. The van der Waals surface area contributed by atoms with Gasteiger partial charge in [0.15, 0.2) is 0 Å². The average Bonchev–Trinajstić information content (AvgIpc) is 2.47. The Morgan fingerprint density at radius 3 is 2.70 bits per heavy atom. The highest BCUT2D eigenvalue weighted by atomic mass is 16.5. The van der Waals surface area contributed by atoms with Gasteiger partial charge in [-0.15, -0.1) is 0 Å². The number of carbonyl (C=O) groups excluding carboxylic acids is 2. The van der Waals surface area contributed by atoms with Gasteiger partial charge in [-0.05, 0) is 24.1 Å². The summed E-state index contributed by atoms with van der Waals surface area (Å²) in [5, 5.41) is 2.80. The number of hydrogen-bond donors (Lipinski definition) is 1. The van der Waals surface area contributed by atoms with Gasteiger partial charge in [-0.3, -0.25) is 9.59 Å². The molecule has 108 valence electrons. The smallest absolute Gasteiger partial charge is 0.254 e. The summed E-state index contributed by atoms with van der Waals surface area (Å²) in [6, 6.07) is 6.96. The molecule has 1 unspecified atom stereocenters. The summed E-state index contributed by atoms with van der Waals surface area (Å²) in [4.78, 5) is 25.9. The molecular formula is C15H20N2O3. The van der Waals surface area contributed by atoms with Crippen LogP contribution in [0.4, 0.5) is 0 Å². The van der Waals surface area contributed by atoms with Gasteiger partial charge in [0.2, 0.25) is 5.91 Å². The van der Waals surface area contributed by atoms with Gasteiger partial charge in [-0.25, -0.2) is 0 Å². The Bertz CT molecular complexity index is 484. The zero-order chi connectivity index (χ0) is 14.5. The van der Waals surface area contributed by atoms with E-state index in [9.17, 15) is 9.59 Å². The van der Waals surface area contributed by atoms with E-state index >= 15 is 0 Å². The molecule has 1 N–H and O–H groups in total. The quantitative estimate of drug-likeness (QED) is 0.898. The lowest BCUT2D eigenvalue weighted by atomic mass is 10.1. The van der Waals surface area contributed by atoms with Gasteiger partial charge in [-0.2, -0.15) is 0 Å². The molecule has 5 nitrogen and oxygen atoms in total. The molecule has 0 aromatic heterocycles. The maximum Gasteiger partial charge on any atom is 0.254 e. The number of hydrogen-bond acceptors (Lipinski definition) is 3. The third kappa shape index (κ3) is 2.99.